The van der Waals surface area contributed by atoms with Gasteiger partial charge in [-0.15, -0.1) is 0 Å². The van der Waals surface area contributed by atoms with Crippen molar-refractivity contribution in [1.29, 1.82) is 0 Å². The first-order valence-electron chi connectivity index (χ1n) is 19.2. The van der Waals surface area contributed by atoms with Crippen molar-refractivity contribution in [2.75, 3.05) is 68.8 Å². The zero-order chi connectivity index (χ0) is 36.3. The zero-order valence-electron chi connectivity index (χ0n) is 30.1. The number of rotatable bonds is 8. The molecular formula is C40H45F3N8O2. The molecule has 0 unspecified atom stereocenters. The lowest BCUT2D eigenvalue weighted by Gasteiger charge is -2.61. The third-order valence-electron chi connectivity index (χ3n) is 13.2. The number of aryl methyl sites for hydroxylation is 1. The van der Waals surface area contributed by atoms with Gasteiger partial charge in [0, 0.05) is 80.2 Å². The van der Waals surface area contributed by atoms with Gasteiger partial charge in [-0.1, -0.05) is 19.1 Å². The second-order valence-electron chi connectivity index (χ2n) is 16.9. The molecule has 6 heterocycles. The predicted molar refractivity (Wildman–Crippen MR) is 197 cm³/mol. The average Bonchev–Trinajstić information content (AvgIpc) is 3.80. The maximum Gasteiger partial charge on any atom is 0.422 e. The van der Waals surface area contributed by atoms with E-state index in [1.807, 2.05) is 24.0 Å². The van der Waals surface area contributed by atoms with E-state index in [-0.39, 0.29) is 23.0 Å². The van der Waals surface area contributed by atoms with Gasteiger partial charge in [0.25, 0.3) is 0 Å². The summed E-state index contributed by atoms with van der Waals surface area (Å²) in [5.74, 6) is 1.62. The van der Waals surface area contributed by atoms with Crippen LogP contribution in [0.25, 0.3) is 32.9 Å². The van der Waals surface area contributed by atoms with Crippen molar-refractivity contribution < 1.29 is 22.7 Å². The molecule has 2 aromatic heterocycles. The monoisotopic (exact) mass is 726 g/mol. The number of carbonyl (C=O) groups is 1. The molecule has 1 amide bonds. The Hall–Kier alpha value is -4.39. The van der Waals surface area contributed by atoms with Gasteiger partial charge in [-0.3, -0.25) is 14.8 Å². The SMILES string of the molecule is C=CC(=O)N1CC2(CCN(c3nc(N4CC(N5CC6(CCC6)C5)C4)nc4c(OCC(F)(F)F)c(-c5c(C)ccc6[nH]ncc56)c(C5CC5)cc34)CC2)C1. The summed E-state index contributed by atoms with van der Waals surface area (Å²) in [6.07, 6.45) is 6.26. The number of hydrogen-bond acceptors (Lipinski definition) is 8. The van der Waals surface area contributed by atoms with Crippen LogP contribution < -0.4 is 14.5 Å². The van der Waals surface area contributed by atoms with E-state index in [2.05, 4.69) is 37.5 Å². The Labute approximate surface area is 306 Å². The maximum atomic E-state index is 14.1. The van der Waals surface area contributed by atoms with Gasteiger partial charge in [-0.05, 0) is 91.7 Å². The van der Waals surface area contributed by atoms with Crippen LogP contribution in [0.2, 0.25) is 0 Å². The van der Waals surface area contributed by atoms with Crippen LogP contribution in [0.4, 0.5) is 24.9 Å². The number of halogens is 3. The summed E-state index contributed by atoms with van der Waals surface area (Å²) in [7, 11) is 0. The third-order valence-corrected chi connectivity index (χ3v) is 13.2. The molecule has 0 atom stereocenters. The Bertz CT molecular complexity index is 2130. The summed E-state index contributed by atoms with van der Waals surface area (Å²) in [6.45, 7) is 11.0. The number of H-pyrrole nitrogens is 1. The molecule has 2 aliphatic carbocycles. The molecule has 6 aliphatic rings. The second kappa shape index (κ2) is 11.8. The molecule has 4 aliphatic heterocycles. The van der Waals surface area contributed by atoms with Crippen molar-refractivity contribution in [2.45, 2.75) is 70.0 Å². The van der Waals surface area contributed by atoms with Crippen LogP contribution >= 0.6 is 0 Å². The molecule has 2 saturated carbocycles. The van der Waals surface area contributed by atoms with Crippen molar-refractivity contribution in [1.82, 2.24) is 30.0 Å². The van der Waals surface area contributed by atoms with Crippen molar-refractivity contribution in [3.05, 3.63) is 48.2 Å². The molecule has 10 rings (SSSR count). The fourth-order valence-corrected chi connectivity index (χ4v) is 9.81. The lowest BCUT2D eigenvalue weighted by atomic mass is 9.63. The molecule has 0 radical (unpaired) electrons. The van der Waals surface area contributed by atoms with E-state index >= 15 is 0 Å². The summed E-state index contributed by atoms with van der Waals surface area (Å²) in [5.41, 5.74) is 5.24. The van der Waals surface area contributed by atoms with E-state index in [4.69, 9.17) is 14.7 Å². The van der Waals surface area contributed by atoms with E-state index in [1.54, 1.807) is 6.20 Å². The second-order valence-corrected chi connectivity index (χ2v) is 16.9. The number of carbonyl (C=O) groups excluding carboxylic acids is 1. The highest BCUT2D eigenvalue weighted by Crippen LogP contribution is 2.54. The van der Waals surface area contributed by atoms with Crippen LogP contribution in [0.5, 0.6) is 5.75 Å². The zero-order valence-corrected chi connectivity index (χ0v) is 30.1. The Balaban J connectivity index is 1.09. The van der Waals surface area contributed by atoms with E-state index in [0.717, 1.165) is 117 Å². The standard InChI is InChI=1S/C40H45F3N8O2/c1-3-31(52)51-21-39(22-51)11-13-48(14-12-39)36-28-15-27(25-6-7-25)33(32-24(2)5-8-30-29(32)16-44-47-30)35(53-23-40(41,42)43)34(28)45-37(46-36)49-17-26(18-49)50-19-38(20-50)9-4-10-38/h3,5,8,15-16,25-26H,1,4,6-7,9-14,17-23H2,2H3,(H,44,47). The summed E-state index contributed by atoms with van der Waals surface area (Å²) in [5, 5.41) is 8.92. The molecular weight excluding hydrogens is 681 g/mol. The maximum absolute atomic E-state index is 14.1. The minimum Gasteiger partial charge on any atom is -0.481 e. The molecule has 0 bridgehead atoms. The molecule has 13 heteroatoms. The molecule has 2 aromatic carbocycles. The molecule has 53 heavy (non-hydrogen) atoms. The predicted octanol–water partition coefficient (Wildman–Crippen LogP) is 6.59. The van der Waals surface area contributed by atoms with Crippen molar-refractivity contribution in [2.24, 2.45) is 10.8 Å². The number of anilines is 2. The molecule has 1 N–H and O–H groups in total. The van der Waals surface area contributed by atoms with Crippen LogP contribution in [0.3, 0.4) is 0 Å². The molecule has 4 aromatic rings. The van der Waals surface area contributed by atoms with Crippen molar-refractivity contribution >= 4 is 39.5 Å². The highest BCUT2D eigenvalue weighted by atomic mass is 19.4. The molecule has 10 nitrogen and oxygen atoms in total. The Morgan fingerprint density at radius 1 is 1.00 bits per heavy atom. The topological polar surface area (TPSA) is 93.7 Å². The largest absolute Gasteiger partial charge is 0.481 e. The number of piperidine rings is 1. The number of amides is 1. The number of alkyl halides is 3. The fourth-order valence-electron chi connectivity index (χ4n) is 9.81. The minimum atomic E-state index is -4.54. The van der Waals surface area contributed by atoms with Crippen LogP contribution in [-0.4, -0.2) is 107 Å². The lowest BCUT2D eigenvalue weighted by molar-refractivity contribution is -0.153. The van der Waals surface area contributed by atoms with E-state index in [9.17, 15) is 18.0 Å². The number of benzene rings is 2. The number of nitrogens with one attached hydrogen (secondary N) is 1. The van der Waals surface area contributed by atoms with Gasteiger partial charge < -0.3 is 19.4 Å². The minimum absolute atomic E-state index is 0.0328. The van der Waals surface area contributed by atoms with Crippen molar-refractivity contribution in [3.63, 3.8) is 0 Å². The number of hydrogen-bond donors (Lipinski definition) is 1. The average molecular weight is 727 g/mol. The first kappa shape index (κ1) is 33.2. The third kappa shape index (κ3) is 5.55. The Kier molecular flexibility index (Phi) is 7.39. The van der Waals surface area contributed by atoms with Gasteiger partial charge in [0.05, 0.1) is 11.7 Å². The summed E-state index contributed by atoms with van der Waals surface area (Å²) >= 11 is 0. The Morgan fingerprint density at radius 2 is 1.74 bits per heavy atom. The van der Waals surface area contributed by atoms with Crippen molar-refractivity contribution in [3.8, 4) is 16.9 Å². The number of likely N-dealkylation sites (tertiary alicyclic amines) is 2. The highest BCUT2D eigenvalue weighted by molar-refractivity contribution is 6.06. The number of fused-ring (bicyclic) bond motifs is 2. The molecule has 2 spiro atoms. The fraction of sp³-hybridized carbons (Fsp3) is 0.550. The molecule has 278 valence electrons. The number of nitrogens with zero attached hydrogens (tertiary/aromatic N) is 7. The summed E-state index contributed by atoms with van der Waals surface area (Å²) < 4.78 is 48.3. The Morgan fingerprint density at radius 3 is 2.40 bits per heavy atom. The van der Waals surface area contributed by atoms with Gasteiger partial charge in [0.2, 0.25) is 11.9 Å². The van der Waals surface area contributed by atoms with Crippen LogP contribution in [-0.2, 0) is 4.79 Å². The van der Waals surface area contributed by atoms with Gasteiger partial charge >= 0.3 is 6.18 Å². The molecule has 6 fully saturated rings. The van der Waals surface area contributed by atoms with Gasteiger partial charge in [-0.25, -0.2) is 4.98 Å². The molecule has 4 saturated heterocycles. The lowest BCUT2D eigenvalue weighted by Crippen LogP contribution is -2.70. The van der Waals surface area contributed by atoms with Gasteiger partial charge in [-0.2, -0.15) is 23.3 Å². The van der Waals surface area contributed by atoms with E-state index in [0.29, 0.717) is 28.5 Å². The van der Waals surface area contributed by atoms with Crippen LogP contribution in [0.15, 0.2) is 37.1 Å². The quantitative estimate of drug-likeness (QED) is 0.204. The first-order chi connectivity index (χ1) is 25.5. The van der Waals surface area contributed by atoms with E-state index < -0.39 is 12.8 Å². The number of ether oxygens (including phenoxy) is 1. The summed E-state index contributed by atoms with van der Waals surface area (Å²) in [6, 6.07) is 6.51. The van der Waals surface area contributed by atoms with Gasteiger partial charge in [0.1, 0.15) is 11.3 Å². The van der Waals surface area contributed by atoms with Crippen LogP contribution in [0.1, 0.15) is 62.0 Å². The summed E-state index contributed by atoms with van der Waals surface area (Å²) in [4.78, 5) is 31.6. The van der Waals surface area contributed by atoms with Gasteiger partial charge in [0.15, 0.2) is 12.4 Å². The highest BCUT2D eigenvalue weighted by Gasteiger charge is 2.51. The smallest absolute Gasteiger partial charge is 0.422 e. The number of aromatic nitrogens is 4. The van der Waals surface area contributed by atoms with E-state index in [1.165, 1.54) is 25.3 Å². The number of aromatic amines is 1. The van der Waals surface area contributed by atoms with Crippen LogP contribution in [0, 0.1) is 17.8 Å². The normalized spacial score (nSPS) is 22.5. The first-order valence-corrected chi connectivity index (χ1v) is 19.2.